The van der Waals surface area contributed by atoms with Crippen LogP contribution in [0.25, 0.3) is 10.9 Å². The van der Waals surface area contributed by atoms with Crippen molar-refractivity contribution in [3.63, 3.8) is 0 Å². The summed E-state index contributed by atoms with van der Waals surface area (Å²) < 4.78 is 0. The number of pyridine rings is 1. The number of fused-ring (bicyclic) bond motifs is 1. The van der Waals surface area contributed by atoms with Crippen molar-refractivity contribution >= 4 is 22.4 Å². The molecule has 1 aliphatic rings. The number of nitrogen functional groups attached to an aromatic ring is 1. The quantitative estimate of drug-likeness (QED) is 0.819. The first-order valence-electron chi connectivity index (χ1n) is 5.92. The van der Waals surface area contributed by atoms with Crippen LogP contribution in [0.3, 0.4) is 0 Å². The van der Waals surface area contributed by atoms with Gasteiger partial charge >= 0.3 is 0 Å². The fraction of sp³-hybridized carbons (Fsp3) is 0.286. The third-order valence-corrected chi connectivity index (χ3v) is 3.20. The van der Waals surface area contributed by atoms with E-state index in [0.717, 1.165) is 10.9 Å². The molecule has 3 nitrogen and oxygen atoms in total. The van der Waals surface area contributed by atoms with Crippen LogP contribution < -0.4 is 5.73 Å². The number of hydrogen-bond donors (Lipinski definition) is 1. The monoisotopic (exact) mass is 226 g/mol. The summed E-state index contributed by atoms with van der Waals surface area (Å²) in [7, 11) is 0. The van der Waals surface area contributed by atoms with Gasteiger partial charge in [0.25, 0.3) is 0 Å². The van der Waals surface area contributed by atoms with E-state index >= 15 is 0 Å². The summed E-state index contributed by atoms with van der Waals surface area (Å²) in [6.07, 6.45) is 2.97. The maximum absolute atomic E-state index is 12.0. The second kappa shape index (κ2) is 3.84. The Kier molecular flexibility index (Phi) is 2.32. The van der Waals surface area contributed by atoms with Crippen molar-refractivity contribution < 1.29 is 4.79 Å². The summed E-state index contributed by atoms with van der Waals surface area (Å²) in [4.78, 5) is 16.4. The van der Waals surface area contributed by atoms with E-state index in [1.165, 1.54) is 12.8 Å². The average Bonchev–Trinajstić information content (AvgIpc) is 3.13. The third-order valence-electron chi connectivity index (χ3n) is 3.20. The molecule has 3 heteroatoms. The van der Waals surface area contributed by atoms with E-state index in [2.05, 4.69) is 4.98 Å². The molecular weight excluding hydrogens is 212 g/mol. The number of nitrogens with two attached hydrogens (primary N) is 1. The van der Waals surface area contributed by atoms with Crippen LogP contribution in [0.2, 0.25) is 0 Å². The molecule has 86 valence electrons. The van der Waals surface area contributed by atoms with Crippen molar-refractivity contribution in [1.82, 2.24) is 4.98 Å². The molecule has 2 N–H and O–H groups in total. The molecule has 1 saturated carbocycles. The lowest BCUT2D eigenvalue weighted by atomic mass is 10.1. The van der Waals surface area contributed by atoms with Gasteiger partial charge in [-0.2, -0.15) is 0 Å². The SMILES string of the molecule is Nc1cc(C(=O)CC2CC2)nc2ccccc12. The molecule has 1 aromatic heterocycles. The number of carbonyl (C=O) groups excluding carboxylic acids is 1. The predicted molar refractivity (Wildman–Crippen MR) is 67.8 cm³/mol. The Bertz CT molecular complexity index is 588. The molecule has 0 unspecified atom stereocenters. The normalized spacial score (nSPS) is 15.1. The molecule has 1 aromatic carbocycles. The highest BCUT2D eigenvalue weighted by molar-refractivity contribution is 6.00. The van der Waals surface area contributed by atoms with E-state index < -0.39 is 0 Å². The number of hydrogen-bond acceptors (Lipinski definition) is 3. The zero-order valence-corrected chi connectivity index (χ0v) is 9.52. The van der Waals surface area contributed by atoms with Crippen LogP contribution in [-0.4, -0.2) is 10.8 Å². The van der Waals surface area contributed by atoms with E-state index in [1.54, 1.807) is 6.07 Å². The van der Waals surface area contributed by atoms with Gasteiger partial charge in [-0.25, -0.2) is 4.98 Å². The molecule has 1 aliphatic carbocycles. The molecule has 0 aliphatic heterocycles. The molecule has 0 radical (unpaired) electrons. The number of carbonyl (C=O) groups is 1. The van der Waals surface area contributed by atoms with E-state index in [-0.39, 0.29) is 5.78 Å². The summed E-state index contributed by atoms with van der Waals surface area (Å²) in [6, 6.07) is 9.34. The van der Waals surface area contributed by atoms with Gasteiger partial charge in [-0.05, 0) is 30.9 Å². The number of ketones is 1. The molecule has 2 aromatic rings. The summed E-state index contributed by atoms with van der Waals surface area (Å²) in [5, 5.41) is 0.912. The van der Waals surface area contributed by atoms with E-state index in [9.17, 15) is 4.79 Å². The second-order valence-electron chi connectivity index (χ2n) is 4.68. The number of Topliss-reactive ketones (excluding diaryl/α,β-unsaturated/α-hetero) is 1. The van der Waals surface area contributed by atoms with Gasteiger partial charge in [-0.1, -0.05) is 18.2 Å². The highest BCUT2D eigenvalue weighted by Gasteiger charge is 2.25. The standard InChI is InChI=1S/C14H14N2O/c15-11-8-13(14(17)7-9-5-6-9)16-12-4-2-1-3-10(11)12/h1-4,8-9H,5-7H2,(H2,15,16). The first-order chi connectivity index (χ1) is 8.24. The molecule has 17 heavy (non-hydrogen) atoms. The lowest BCUT2D eigenvalue weighted by molar-refractivity contribution is 0.0971. The maximum atomic E-state index is 12.0. The minimum Gasteiger partial charge on any atom is -0.398 e. The van der Waals surface area contributed by atoms with Gasteiger partial charge < -0.3 is 5.73 Å². The van der Waals surface area contributed by atoms with Gasteiger partial charge in [0.2, 0.25) is 0 Å². The number of nitrogens with zero attached hydrogens (tertiary/aromatic N) is 1. The van der Waals surface area contributed by atoms with Crippen LogP contribution in [0.1, 0.15) is 29.8 Å². The average molecular weight is 226 g/mol. The Hall–Kier alpha value is -1.90. The van der Waals surface area contributed by atoms with Crippen LogP contribution in [0.4, 0.5) is 5.69 Å². The second-order valence-corrected chi connectivity index (χ2v) is 4.68. The van der Waals surface area contributed by atoms with Crippen molar-refractivity contribution in [2.45, 2.75) is 19.3 Å². The van der Waals surface area contributed by atoms with Crippen molar-refractivity contribution in [2.24, 2.45) is 5.92 Å². The van der Waals surface area contributed by atoms with Crippen molar-refractivity contribution in [3.8, 4) is 0 Å². The van der Waals surface area contributed by atoms with Crippen LogP contribution in [-0.2, 0) is 0 Å². The van der Waals surface area contributed by atoms with Crippen molar-refractivity contribution in [3.05, 3.63) is 36.0 Å². The Morgan fingerprint density at radius 3 is 2.88 bits per heavy atom. The van der Waals surface area contributed by atoms with Crippen LogP contribution >= 0.6 is 0 Å². The van der Waals surface area contributed by atoms with Gasteiger partial charge in [-0.3, -0.25) is 4.79 Å². The van der Waals surface area contributed by atoms with Gasteiger partial charge in [-0.15, -0.1) is 0 Å². The summed E-state index contributed by atoms with van der Waals surface area (Å²) >= 11 is 0. The summed E-state index contributed by atoms with van der Waals surface area (Å²) in [6.45, 7) is 0. The third kappa shape index (κ3) is 2.00. The van der Waals surface area contributed by atoms with E-state index in [1.807, 2.05) is 24.3 Å². The van der Waals surface area contributed by atoms with Gasteiger partial charge in [0.15, 0.2) is 5.78 Å². The largest absolute Gasteiger partial charge is 0.398 e. The lowest BCUT2D eigenvalue weighted by Gasteiger charge is -2.05. The molecule has 0 saturated heterocycles. The fourth-order valence-electron chi connectivity index (χ4n) is 2.03. The molecule has 0 spiro atoms. The Morgan fingerprint density at radius 2 is 2.12 bits per heavy atom. The zero-order valence-electron chi connectivity index (χ0n) is 9.52. The molecule has 1 heterocycles. The smallest absolute Gasteiger partial charge is 0.181 e. The molecule has 0 atom stereocenters. The fourth-order valence-corrected chi connectivity index (χ4v) is 2.03. The molecular formula is C14H14N2O. The minimum atomic E-state index is 0.116. The van der Waals surface area contributed by atoms with Gasteiger partial charge in [0.05, 0.1) is 5.52 Å². The number of anilines is 1. The minimum absolute atomic E-state index is 0.116. The zero-order chi connectivity index (χ0) is 11.8. The number of benzene rings is 1. The molecule has 3 rings (SSSR count). The van der Waals surface area contributed by atoms with Gasteiger partial charge in [0.1, 0.15) is 5.69 Å². The molecule has 1 fully saturated rings. The van der Waals surface area contributed by atoms with Gasteiger partial charge in [0, 0.05) is 17.5 Å². The predicted octanol–water partition coefficient (Wildman–Crippen LogP) is 2.80. The Labute approximate surface area is 99.7 Å². The van der Waals surface area contributed by atoms with E-state index in [4.69, 9.17) is 5.73 Å². The summed E-state index contributed by atoms with van der Waals surface area (Å²) in [5.74, 6) is 0.696. The first-order valence-corrected chi connectivity index (χ1v) is 5.92. The molecule has 0 amide bonds. The topological polar surface area (TPSA) is 56.0 Å². The van der Waals surface area contributed by atoms with Crippen LogP contribution in [0.15, 0.2) is 30.3 Å². The number of rotatable bonds is 3. The van der Waals surface area contributed by atoms with Crippen LogP contribution in [0.5, 0.6) is 0 Å². The highest BCUT2D eigenvalue weighted by Crippen LogP contribution is 2.33. The van der Waals surface area contributed by atoms with Crippen LogP contribution in [0, 0.1) is 5.92 Å². The number of para-hydroxylation sites is 1. The Morgan fingerprint density at radius 1 is 1.35 bits per heavy atom. The lowest BCUT2D eigenvalue weighted by Crippen LogP contribution is -2.05. The summed E-state index contributed by atoms with van der Waals surface area (Å²) in [5.41, 5.74) is 7.89. The molecule has 0 bridgehead atoms. The van der Waals surface area contributed by atoms with E-state index in [0.29, 0.717) is 23.7 Å². The first kappa shape index (κ1) is 10.3. The highest BCUT2D eigenvalue weighted by atomic mass is 16.1. The Balaban J connectivity index is 2.02. The van der Waals surface area contributed by atoms with Crippen molar-refractivity contribution in [2.75, 3.05) is 5.73 Å². The van der Waals surface area contributed by atoms with Crippen molar-refractivity contribution in [1.29, 1.82) is 0 Å². The maximum Gasteiger partial charge on any atom is 0.181 e. The number of aromatic nitrogens is 1.